The smallest absolute Gasteiger partial charge is 0.225 e. The molecule has 2 heterocycles. The summed E-state index contributed by atoms with van der Waals surface area (Å²) in [6.07, 6.45) is -1.69. The van der Waals surface area contributed by atoms with Gasteiger partial charge in [-0.1, -0.05) is 11.6 Å². The van der Waals surface area contributed by atoms with E-state index < -0.39 is 24.4 Å². The Hall–Kier alpha value is -0.990. The van der Waals surface area contributed by atoms with Gasteiger partial charge in [-0.25, -0.2) is 9.97 Å². The lowest BCUT2D eigenvalue weighted by Crippen LogP contribution is -2.31. The van der Waals surface area contributed by atoms with Gasteiger partial charge in [-0.15, -0.1) is 0 Å². The lowest BCUT2D eigenvalue weighted by molar-refractivity contribution is -0.0244. The Balaban J connectivity index is 2.11. The third-order valence-corrected chi connectivity index (χ3v) is 3.76. The van der Waals surface area contributed by atoms with E-state index >= 15 is 0 Å². The van der Waals surface area contributed by atoms with Crippen LogP contribution in [0.4, 0.5) is 0 Å². The largest absolute Gasteiger partial charge is 0.390 e. The molecule has 4 atom stereocenters. The van der Waals surface area contributed by atoms with Crippen LogP contribution >= 0.6 is 23.2 Å². The number of nitrogens with zero attached hydrogens (tertiary/aromatic N) is 4. The number of aliphatic hydroxyl groups excluding tert-OH is 3. The summed E-state index contributed by atoms with van der Waals surface area (Å²) in [4.78, 5) is 11.9. The molecule has 3 N–H and O–H groups in total. The Kier molecular flexibility index (Phi) is 3.11. The molecule has 0 aliphatic heterocycles. The number of fused-ring (bicyclic) bond motifs is 1. The van der Waals surface area contributed by atoms with E-state index in [9.17, 15) is 15.3 Å². The van der Waals surface area contributed by atoms with Crippen LogP contribution in [0.1, 0.15) is 12.5 Å². The minimum Gasteiger partial charge on any atom is -0.390 e. The van der Waals surface area contributed by atoms with Crippen molar-refractivity contribution in [2.45, 2.75) is 30.8 Å². The number of hydrogen-bond acceptors (Lipinski definition) is 6. The summed E-state index contributed by atoms with van der Waals surface area (Å²) in [5, 5.41) is 29.2. The maximum absolute atomic E-state index is 9.93. The minimum absolute atomic E-state index is 0.0344. The fraction of sp³-hybridized carbons (Fsp3) is 0.500. The van der Waals surface area contributed by atoms with Crippen LogP contribution in [0.2, 0.25) is 10.4 Å². The first kappa shape index (κ1) is 13.0. The van der Waals surface area contributed by atoms with Gasteiger partial charge >= 0.3 is 0 Å². The van der Waals surface area contributed by atoms with Crippen LogP contribution in [0.5, 0.6) is 0 Å². The molecular weight excluding hydrogens is 295 g/mol. The van der Waals surface area contributed by atoms with Gasteiger partial charge in [-0.3, -0.25) is 0 Å². The molecular formula is C10H10Cl2N4O3. The van der Waals surface area contributed by atoms with Crippen LogP contribution in [-0.2, 0) is 0 Å². The first-order valence-electron chi connectivity index (χ1n) is 5.59. The zero-order chi connectivity index (χ0) is 13.7. The van der Waals surface area contributed by atoms with E-state index in [1.165, 1.54) is 6.33 Å². The molecule has 1 aliphatic carbocycles. The highest BCUT2D eigenvalue weighted by atomic mass is 35.5. The molecule has 0 radical (unpaired) electrons. The van der Waals surface area contributed by atoms with Gasteiger partial charge in [-0.2, -0.15) is 4.98 Å². The molecule has 0 spiro atoms. The number of aliphatic hydroxyl groups is 3. The summed E-state index contributed by atoms with van der Waals surface area (Å²) < 4.78 is 1.54. The number of hydrogen-bond donors (Lipinski definition) is 3. The molecule has 7 nitrogen and oxygen atoms in total. The zero-order valence-electron chi connectivity index (χ0n) is 9.48. The molecule has 0 amide bonds. The molecule has 102 valence electrons. The molecule has 0 saturated heterocycles. The first-order valence-corrected chi connectivity index (χ1v) is 6.34. The quantitative estimate of drug-likeness (QED) is 0.512. The van der Waals surface area contributed by atoms with Crippen molar-refractivity contribution in [2.75, 3.05) is 0 Å². The number of rotatable bonds is 1. The third-order valence-electron chi connectivity index (χ3n) is 3.33. The monoisotopic (exact) mass is 304 g/mol. The summed E-state index contributed by atoms with van der Waals surface area (Å²) in [6.45, 7) is 0. The molecule has 3 rings (SSSR count). The average molecular weight is 305 g/mol. The zero-order valence-corrected chi connectivity index (χ0v) is 11.0. The summed E-state index contributed by atoms with van der Waals surface area (Å²) >= 11 is 11.6. The van der Waals surface area contributed by atoms with Crippen molar-refractivity contribution in [1.29, 1.82) is 0 Å². The van der Waals surface area contributed by atoms with E-state index in [-0.39, 0.29) is 16.9 Å². The lowest BCUT2D eigenvalue weighted by Gasteiger charge is -2.17. The van der Waals surface area contributed by atoms with Crippen LogP contribution in [0.3, 0.4) is 0 Å². The van der Waals surface area contributed by atoms with Crippen molar-refractivity contribution >= 4 is 34.4 Å². The van der Waals surface area contributed by atoms with Crippen LogP contribution in [0.15, 0.2) is 6.33 Å². The van der Waals surface area contributed by atoms with Crippen LogP contribution in [0.25, 0.3) is 11.2 Å². The Morgan fingerprint density at radius 3 is 2.53 bits per heavy atom. The molecule has 2 aromatic rings. The Labute approximate surface area is 117 Å². The van der Waals surface area contributed by atoms with Gasteiger partial charge in [0.2, 0.25) is 5.28 Å². The van der Waals surface area contributed by atoms with Crippen molar-refractivity contribution in [2.24, 2.45) is 0 Å². The number of aromatic nitrogens is 4. The lowest BCUT2D eigenvalue weighted by atomic mass is 10.2. The van der Waals surface area contributed by atoms with Gasteiger partial charge in [-0.05, 0) is 18.0 Å². The average Bonchev–Trinajstić information content (AvgIpc) is 2.86. The van der Waals surface area contributed by atoms with Gasteiger partial charge in [0.05, 0.1) is 18.5 Å². The topological polar surface area (TPSA) is 104 Å². The highest BCUT2D eigenvalue weighted by Gasteiger charge is 2.42. The van der Waals surface area contributed by atoms with E-state index in [0.29, 0.717) is 11.2 Å². The van der Waals surface area contributed by atoms with Crippen LogP contribution in [0, 0.1) is 0 Å². The molecule has 0 bridgehead atoms. The molecule has 9 heteroatoms. The predicted octanol–water partition coefficient (Wildman–Crippen LogP) is 0.161. The van der Waals surface area contributed by atoms with Gasteiger partial charge in [0.25, 0.3) is 0 Å². The molecule has 1 aliphatic rings. The fourth-order valence-electron chi connectivity index (χ4n) is 2.36. The van der Waals surface area contributed by atoms with E-state index in [2.05, 4.69) is 15.0 Å². The van der Waals surface area contributed by atoms with E-state index in [1.54, 1.807) is 4.57 Å². The Morgan fingerprint density at radius 1 is 1.16 bits per heavy atom. The van der Waals surface area contributed by atoms with Gasteiger partial charge in [0, 0.05) is 0 Å². The van der Waals surface area contributed by atoms with Gasteiger partial charge in [0.15, 0.2) is 10.8 Å². The van der Waals surface area contributed by atoms with Crippen LogP contribution < -0.4 is 0 Å². The van der Waals surface area contributed by atoms with Gasteiger partial charge < -0.3 is 19.9 Å². The second-order valence-corrected chi connectivity index (χ2v) is 5.16. The predicted molar refractivity (Wildman–Crippen MR) is 67.0 cm³/mol. The van der Waals surface area contributed by atoms with Crippen molar-refractivity contribution in [1.82, 2.24) is 19.5 Å². The Bertz CT molecular complexity index is 635. The van der Waals surface area contributed by atoms with E-state index in [1.807, 2.05) is 0 Å². The molecule has 0 unspecified atom stereocenters. The standard InChI is InChI=1S/C10H10Cl2N4O3/c11-8-5-9(15-10(12)14-8)16(2-13-5)3-1-4(17)7(19)6(3)18/h2-4,6-7,17-19H,1H2/t3-,4+,6+,7-/m1/s1. The third kappa shape index (κ3) is 1.98. The molecule has 19 heavy (non-hydrogen) atoms. The summed E-state index contributed by atoms with van der Waals surface area (Å²) in [5.41, 5.74) is 0.712. The molecule has 0 aromatic carbocycles. The van der Waals surface area contributed by atoms with Crippen molar-refractivity contribution < 1.29 is 15.3 Å². The molecule has 1 fully saturated rings. The van der Waals surface area contributed by atoms with Crippen molar-refractivity contribution in [3.05, 3.63) is 16.8 Å². The van der Waals surface area contributed by atoms with Crippen molar-refractivity contribution in [3.63, 3.8) is 0 Å². The normalized spacial score (nSPS) is 31.2. The second kappa shape index (κ2) is 4.53. The maximum Gasteiger partial charge on any atom is 0.225 e. The minimum atomic E-state index is -1.20. The highest BCUT2D eigenvalue weighted by molar-refractivity contribution is 6.35. The molecule has 1 saturated carbocycles. The Morgan fingerprint density at radius 2 is 1.89 bits per heavy atom. The first-order chi connectivity index (χ1) is 8.99. The summed E-state index contributed by atoms with van der Waals surface area (Å²) in [5.74, 6) is 0. The highest BCUT2D eigenvalue weighted by Crippen LogP contribution is 2.33. The number of imidazole rings is 1. The van der Waals surface area contributed by atoms with Crippen LogP contribution in [-0.4, -0.2) is 53.2 Å². The second-order valence-electron chi connectivity index (χ2n) is 4.46. The summed E-state index contributed by atoms with van der Waals surface area (Å²) in [7, 11) is 0. The number of halogens is 2. The molecule has 2 aromatic heterocycles. The van der Waals surface area contributed by atoms with E-state index in [0.717, 1.165) is 0 Å². The fourth-order valence-corrected chi connectivity index (χ4v) is 2.78. The SMILES string of the molecule is O[C@@H]1[C@H](O)[C@@H](O)C[C@H]1n1cnc2c(Cl)nc(Cl)nc21. The van der Waals surface area contributed by atoms with Gasteiger partial charge in [0.1, 0.15) is 17.7 Å². The van der Waals surface area contributed by atoms with E-state index in [4.69, 9.17) is 23.2 Å². The van der Waals surface area contributed by atoms with Crippen molar-refractivity contribution in [3.8, 4) is 0 Å². The maximum atomic E-state index is 9.93. The summed E-state index contributed by atoms with van der Waals surface area (Å²) in [6, 6.07) is -0.544.